The fourth-order valence-electron chi connectivity index (χ4n) is 3.34. The van der Waals surface area contributed by atoms with Crippen LogP contribution in [0.2, 0.25) is 0 Å². The SMILES string of the molecule is CCC(C)C(N)C(=O)NC(CC(N)=O)C(=O)NC(CCC(=O)O)C(=O)NC(Cc1ccc(O)cc1)C(=O)O. The van der Waals surface area contributed by atoms with Gasteiger partial charge in [0.05, 0.1) is 12.5 Å². The van der Waals surface area contributed by atoms with Crippen LogP contribution >= 0.6 is 0 Å². The summed E-state index contributed by atoms with van der Waals surface area (Å²) in [5, 5.41) is 34.9. The maximum absolute atomic E-state index is 12.9. The van der Waals surface area contributed by atoms with Crippen LogP contribution in [-0.4, -0.2) is 75.1 Å². The molecule has 0 aliphatic rings. The highest BCUT2D eigenvalue weighted by Gasteiger charge is 2.32. The number of primary amides is 1. The third-order valence-corrected chi connectivity index (χ3v) is 5.87. The second-order valence-corrected chi connectivity index (χ2v) is 8.91. The van der Waals surface area contributed by atoms with E-state index in [-0.39, 0.29) is 18.1 Å². The number of phenols is 1. The van der Waals surface area contributed by atoms with E-state index in [2.05, 4.69) is 16.0 Å². The number of rotatable bonds is 16. The smallest absolute Gasteiger partial charge is 0.326 e. The summed E-state index contributed by atoms with van der Waals surface area (Å²) in [6.07, 6.45) is -1.21. The summed E-state index contributed by atoms with van der Waals surface area (Å²) in [6.45, 7) is 3.53. The number of aromatic hydroxyl groups is 1. The van der Waals surface area contributed by atoms with Gasteiger partial charge in [-0.05, 0) is 30.0 Å². The number of aliphatic carboxylic acids is 2. The van der Waals surface area contributed by atoms with Crippen LogP contribution in [0.25, 0.3) is 0 Å². The van der Waals surface area contributed by atoms with E-state index in [0.29, 0.717) is 12.0 Å². The molecule has 10 N–H and O–H groups in total. The van der Waals surface area contributed by atoms with Gasteiger partial charge in [0, 0.05) is 12.8 Å². The standard InChI is InChI=1S/C24H35N5O9/c1-3-12(2)20(26)23(36)28-16(11-18(25)31)22(35)27-15(8-9-19(32)33)21(34)29-17(24(37)38)10-13-4-6-14(30)7-5-13/h4-7,12,15-17,20,30H,3,8-11,26H2,1-2H3,(H2,25,31)(H,27,35)(H,28,36)(H,29,34)(H,32,33)(H,37,38). The Morgan fingerprint density at radius 3 is 1.89 bits per heavy atom. The van der Waals surface area contributed by atoms with E-state index in [0.717, 1.165) is 0 Å². The van der Waals surface area contributed by atoms with Crippen molar-refractivity contribution in [3.05, 3.63) is 29.8 Å². The lowest BCUT2D eigenvalue weighted by Gasteiger charge is -2.25. The number of carboxylic acid groups (broad SMARTS) is 2. The molecule has 0 bridgehead atoms. The van der Waals surface area contributed by atoms with Crippen molar-refractivity contribution in [1.82, 2.24) is 16.0 Å². The van der Waals surface area contributed by atoms with Crippen molar-refractivity contribution in [3.63, 3.8) is 0 Å². The molecule has 14 nitrogen and oxygen atoms in total. The molecule has 0 aliphatic heterocycles. The summed E-state index contributed by atoms with van der Waals surface area (Å²) < 4.78 is 0. The number of phenolic OH excluding ortho intramolecular Hbond substituents is 1. The first-order chi connectivity index (χ1) is 17.7. The van der Waals surface area contributed by atoms with Gasteiger partial charge in [-0.15, -0.1) is 0 Å². The fourth-order valence-corrected chi connectivity index (χ4v) is 3.34. The molecule has 1 aromatic carbocycles. The van der Waals surface area contributed by atoms with Gasteiger partial charge in [0.25, 0.3) is 0 Å². The van der Waals surface area contributed by atoms with E-state index in [1.165, 1.54) is 24.3 Å². The fraction of sp³-hybridized carbons (Fsp3) is 0.500. The van der Waals surface area contributed by atoms with Crippen LogP contribution in [0.15, 0.2) is 24.3 Å². The minimum atomic E-state index is -1.52. The molecular formula is C24H35N5O9. The number of carbonyl (C=O) groups is 6. The van der Waals surface area contributed by atoms with Gasteiger partial charge in [-0.2, -0.15) is 0 Å². The second kappa shape index (κ2) is 15.1. The molecule has 5 atom stereocenters. The van der Waals surface area contributed by atoms with Gasteiger partial charge in [-0.3, -0.25) is 24.0 Å². The van der Waals surface area contributed by atoms with E-state index < -0.39 is 79.0 Å². The molecule has 0 saturated heterocycles. The molecule has 0 heterocycles. The lowest BCUT2D eigenvalue weighted by Crippen LogP contribution is -2.58. The summed E-state index contributed by atoms with van der Waals surface area (Å²) in [6, 6.07) is 0.123. The molecule has 0 aliphatic carbocycles. The predicted octanol–water partition coefficient (Wildman–Crippen LogP) is -1.41. The highest BCUT2D eigenvalue weighted by atomic mass is 16.4. The summed E-state index contributed by atoms with van der Waals surface area (Å²) in [4.78, 5) is 72.7. The van der Waals surface area contributed by atoms with E-state index in [1.54, 1.807) is 6.92 Å². The van der Waals surface area contributed by atoms with Crippen molar-refractivity contribution in [2.24, 2.45) is 17.4 Å². The Kier molecular flexibility index (Phi) is 12.7. The Balaban J connectivity index is 3.08. The third-order valence-electron chi connectivity index (χ3n) is 5.87. The van der Waals surface area contributed by atoms with Gasteiger partial charge in [-0.25, -0.2) is 4.79 Å². The van der Waals surface area contributed by atoms with Crippen LogP contribution in [0.3, 0.4) is 0 Å². The zero-order chi connectivity index (χ0) is 29.0. The molecule has 1 rings (SSSR count). The van der Waals surface area contributed by atoms with Gasteiger partial charge in [0.2, 0.25) is 23.6 Å². The van der Waals surface area contributed by atoms with E-state index >= 15 is 0 Å². The van der Waals surface area contributed by atoms with Gasteiger partial charge < -0.3 is 42.7 Å². The molecule has 210 valence electrons. The lowest BCUT2D eigenvalue weighted by atomic mass is 9.99. The maximum atomic E-state index is 12.9. The van der Waals surface area contributed by atoms with Crippen LogP contribution in [0, 0.1) is 5.92 Å². The van der Waals surface area contributed by atoms with E-state index in [1.807, 2.05) is 6.92 Å². The van der Waals surface area contributed by atoms with Crippen LogP contribution in [0.4, 0.5) is 0 Å². The van der Waals surface area contributed by atoms with Crippen molar-refractivity contribution in [2.45, 2.75) is 70.1 Å². The zero-order valence-electron chi connectivity index (χ0n) is 21.2. The molecular weight excluding hydrogens is 502 g/mol. The van der Waals surface area contributed by atoms with Gasteiger partial charge in [-0.1, -0.05) is 32.4 Å². The van der Waals surface area contributed by atoms with Crippen LogP contribution < -0.4 is 27.4 Å². The number of amides is 4. The summed E-state index contributed by atoms with van der Waals surface area (Å²) in [5.74, 6) is -6.63. The first kappa shape index (κ1) is 31.8. The molecule has 0 fully saturated rings. The Morgan fingerprint density at radius 2 is 1.39 bits per heavy atom. The molecule has 5 unspecified atom stereocenters. The highest BCUT2D eigenvalue weighted by Crippen LogP contribution is 2.12. The number of nitrogens with one attached hydrogen (secondary N) is 3. The molecule has 38 heavy (non-hydrogen) atoms. The third kappa shape index (κ3) is 10.8. The molecule has 4 amide bonds. The van der Waals surface area contributed by atoms with Crippen molar-refractivity contribution in [1.29, 1.82) is 0 Å². The minimum absolute atomic E-state index is 0.0381. The predicted molar refractivity (Wildman–Crippen MR) is 133 cm³/mol. The number of nitrogens with two attached hydrogens (primary N) is 2. The number of hydrogen-bond acceptors (Lipinski definition) is 8. The number of hydrogen-bond donors (Lipinski definition) is 8. The Labute approximate surface area is 219 Å². The topological polar surface area (TPSA) is 251 Å². The normalized spacial score (nSPS) is 14.7. The summed E-state index contributed by atoms with van der Waals surface area (Å²) >= 11 is 0. The Bertz CT molecular complexity index is 1020. The number of benzene rings is 1. The summed E-state index contributed by atoms with van der Waals surface area (Å²) in [7, 11) is 0. The maximum Gasteiger partial charge on any atom is 0.326 e. The van der Waals surface area contributed by atoms with Gasteiger partial charge in [0.15, 0.2) is 0 Å². The van der Waals surface area contributed by atoms with Crippen molar-refractivity contribution in [3.8, 4) is 5.75 Å². The molecule has 0 spiro atoms. The first-order valence-corrected chi connectivity index (χ1v) is 11.9. The van der Waals surface area contributed by atoms with Crippen molar-refractivity contribution < 1.29 is 44.1 Å². The average Bonchev–Trinajstić information content (AvgIpc) is 2.85. The monoisotopic (exact) mass is 537 g/mol. The molecule has 0 saturated carbocycles. The van der Waals surface area contributed by atoms with E-state index in [4.69, 9.17) is 16.6 Å². The summed E-state index contributed by atoms with van der Waals surface area (Å²) in [5.41, 5.74) is 11.6. The van der Waals surface area contributed by atoms with Crippen LogP contribution in [-0.2, 0) is 35.2 Å². The molecule has 14 heteroatoms. The second-order valence-electron chi connectivity index (χ2n) is 8.91. The zero-order valence-corrected chi connectivity index (χ0v) is 21.2. The Morgan fingerprint density at radius 1 is 0.868 bits per heavy atom. The lowest BCUT2D eigenvalue weighted by molar-refractivity contribution is -0.143. The van der Waals surface area contributed by atoms with Gasteiger partial charge >= 0.3 is 11.9 Å². The minimum Gasteiger partial charge on any atom is -0.508 e. The largest absolute Gasteiger partial charge is 0.508 e. The van der Waals surface area contributed by atoms with Crippen molar-refractivity contribution >= 4 is 35.6 Å². The average molecular weight is 538 g/mol. The van der Waals surface area contributed by atoms with Gasteiger partial charge in [0.1, 0.15) is 23.9 Å². The quantitative estimate of drug-likeness (QED) is 0.122. The van der Waals surface area contributed by atoms with E-state index in [9.17, 15) is 39.0 Å². The molecule has 0 aromatic heterocycles. The highest BCUT2D eigenvalue weighted by molar-refractivity contribution is 5.96. The van der Waals surface area contributed by atoms with Crippen LogP contribution in [0.5, 0.6) is 5.75 Å². The number of carboxylic acids is 2. The Hall–Kier alpha value is -4.20. The number of carbonyl (C=O) groups excluding carboxylic acids is 4. The van der Waals surface area contributed by atoms with Crippen LogP contribution in [0.1, 0.15) is 45.1 Å². The molecule has 1 aromatic rings. The van der Waals surface area contributed by atoms with Crippen molar-refractivity contribution in [2.75, 3.05) is 0 Å². The molecule has 0 radical (unpaired) electrons. The first-order valence-electron chi connectivity index (χ1n) is 11.9.